The topological polar surface area (TPSA) is 51.2 Å². The summed E-state index contributed by atoms with van der Waals surface area (Å²) < 4.78 is 45.4. The average Bonchev–Trinajstić information content (AvgIpc) is 2.64. The highest BCUT2D eigenvalue weighted by Gasteiger charge is 2.15. The van der Waals surface area contributed by atoms with Gasteiger partial charge >= 0.3 is 0 Å². The molecule has 26 heavy (non-hydrogen) atoms. The smallest absolute Gasteiger partial charge is 0.261 e. The summed E-state index contributed by atoms with van der Waals surface area (Å²) >= 11 is 0. The van der Waals surface area contributed by atoms with E-state index in [1.54, 1.807) is 18.2 Å². The van der Waals surface area contributed by atoms with Crippen molar-refractivity contribution in [2.24, 2.45) is 0 Å². The first-order valence-corrected chi connectivity index (χ1v) is 7.62. The van der Waals surface area contributed by atoms with Crippen molar-refractivity contribution in [3.05, 3.63) is 89.4 Å². The molecule has 0 unspecified atom stereocenters. The number of benzene rings is 2. The number of nitrogens with zero attached hydrogens (tertiary/aromatic N) is 1. The summed E-state index contributed by atoms with van der Waals surface area (Å²) in [6, 6.07) is 12.1. The maximum Gasteiger partial charge on any atom is 0.261 e. The number of rotatable bonds is 5. The van der Waals surface area contributed by atoms with Crippen molar-refractivity contribution in [3.63, 3.8) is 0 Å². The van der Waals surface area contributed by atoms with Crippen LogP contribution < -0.4 is 10.1 Å². The quantitative estimate of drug-likeness (QED) is 0.739. The summed E-state index contributed by atoms with van der Waals surface area (Å²) in [4.78, 5) is 16.4. The molecule has 0 saturated carbocycles. The molecule has 0 radical (unpaired) electrons. The molecule has 0 bridgehead atoms. The fourth-order valence-corrected chi connectivity index (χ4v) is 2.21. The Morgan fingerprint density at radius 2 is 1.77 bits per heavy atom. The van der Waals surface area contributed by atoms with Crippen LogP contribution in [0.25, 0.3) is 0 Å². The summed E-state index contributed by atoms with van der Waals surface area (Å²) in [6.45, 7) is -0.116. The summed E-state index contributed by atoms with van der Waals surface area (Å²) in [5, 5.41) is 2.44. The number of anilines is 1. The van der Waals surface area contributed by atoms with Gasteiger partial charge in [0.2, 0.25) is 5.88 Å². The predicted octanol–water partition coefficient (Wildman–Crippen LogP) is 4.33. The van der Waals surface area contributed by atoms with Crippen LogP contribution in [-0.2, 0) is 6.61 Å². The lowest BCUT2D eigenvalue weighted by Crippen LogP contribution is -2.14. The SMILES string of the molecule is O=C(Nc1ccc(F)c(F)c1)c1cccnc1OCc1ccccc1F. The van der Waals surface area contributed by atoms with Crippen LogP contribution in [0.1, 0.15) is 15.9 Å². The lowest BCUT2D eigenvalue weighted by Gasteiger charge is -2.11. The number of nitrogens with one attached hydrogen (secondary N) is 1. The summed E-state index contributed by atoms with van der Waals surface area (Å²) in [7, 11) is 0. The van der Waals surface area contributed by atoms with Gasteiger partial charge in [0.15, 0.2) is 11.6 Å². The number of halogens is 3. The Bertz CT molecular complexity index is 948. The average molecular weight is 358 g/mol. The first-order valence-electron chi connectivity index (χ1n) is 7.62. The van der Waals surface area contributed by atoms with E-state index in [1.165, 1.54) is 30.5 Å². The van der Waals surface area contributed by atoms with Crippen molar-refractivity contribution in [3.8, 4) is 5.88 Å². The number of hydrogen-bond donors (Lipinski definition) is 1. The molecule has 3 rings (SSSR count). The second kappa shape index (κ2) is 7.69. The third kappa shape index (κ3) is 4.00. The van der Waals surface area contributed by atoms with Crippen molar-refractivity contribution in [1.29, 1.82) is 0 Å². The number of carbonyl (C=O) groups excluding carboxylic acids is 1. The summed E-state index contributed by atoms with van der Waals surface area (Å²) in [6.07, 6.45) is 1.42. The molecule has 2 aromatic carbocycles. The molecule has 4 nitrogen and oxygen atoms in total. The second-order valence-electron chi connectivity index (χ2n) is 5.32. The van der Waals surface area contributed by atoms with Crippen LogP contribution >= 0.6 is 0 Å². The molecular weight excluding hydrogens is 345 g/mol. The van der Waals surface area contributed by atoms with Gasteiger partial charge in [0.1, 0.15) is 18.0 Å². The van der Waals surface area contributed by atoms with Gasteiger partial charge in [-0.25, -0.2) is 18.2 Å². The van der Waals surface area contributed by atoms with Gasteiger partial charge < -0.3 is 10.1 Å². The molecule has 3 aromatic rings. The predicted molar refractivity (Wildman–Crippen MR) is 89.3 cm³/mol. The zero-order valence-electron chi connectivity index (χ0n) is 13.4. The van der Waals surface area contributed by atoms with E-state index in [-0.39, 0.29) is 23.7 Å². The molecule has 1 N–H and O–H groups in total. The first kappa shape index (κ1) is 17.5. The Hall–Kier alpha value is -3.35. The highest BCUT2D eigenvalue weighted by atomic mass is 19.2. The summed E-state index contributed by atoms with van der Waals surface area (Å²) in [5.74, 6) is -3.15. The summed E-state index contributed by atoms with van der Waals surface area (Å²) in [5.41, 5.74) is 0.469. The Morgan fingerprint density at radius 1 is 0.962 bits per heavy atom. The van der Waals surface area contributed by atoms with Crippen LogP contribution in [0.15, 0.2) is 60.8 Å². The van der Waals surface area contributed by atoms with Gasteiger partial charge in [0.05, 0.1) is 0 Å². The number of hydrogen-bond acceptors (Lipinski definition) is 3. The van der Waals surface area contributed by atoms with E-state index in [2.05, 4.69) is 10.3 Å². The minimum absolute atomic E-state index is 0.00385. The molecule has 0 atom stereocenters. The van der Waals surface area contributed by atoms with Crippen LogP contribution in [-0.4, -0.2) is 10.9 Å². The maximum absolute atomic E-state index is 13.7. The number of aromatic nitrogens is 1. The normalized spacial score (nSPS) is 10.4. The fraction of sp³-hybridized carbons (Fsp3) is 0.0526. The molecule has 1 amide bonds. The van der Waals surface area contributed by atoms with Gasteiger partial charge in [-0.15, -0.1) is 0 Å². The Kier molecular flexibility index (Phi) is 5.17. The monoisotopic (exact) mass is 358 g/mol. The van der Waals surface area contributed by atoms with Gasteiger partial charge in [-0.3, -0.25) is 4.79 Å². The van der Waals surface area contributed by atoms with Gasteiger partial charge in [0, 0.05) is 23.5 Å². The van der Waals surface area contributed by atoms with Crippen LogP contribution in [0.5, 0.6) is 5.88 Å². The minimum Gasteiger partial charge on any atom is -0.472 e. The van der Waals surface area contributed by atoms with E-state index in [0.29, 0.717) is 5.56 Å². The van der Waals surface area contributed by atoms with Crippen molar-refractivity contribution in [2.45, 2.75) is 6.61 Å². The molecule has 1 heterocycles. The lowest BCUT2D eigenvalue weighted by atomic mass is 10.2. The van der Waals surface area contributed by atoms with E-state index >= 15 is 0 Å². The largest absolute Gasteiger partial charge is 0.472 e. The van der Waals surface area contributed by atoms with Crippen LogP contribution in [0.4, 0.5) is 18.9 Å². The lowest BCUT2D eigenvalue weighted by molar-refractivity contribution is 0.102. The van der Waals surface area contributed by atoms with Gasteiger partial charge in [-0.05, 0) is 30.3 Å². The number of ether oxygens (including phenoxy) is 1. The van der Waals surface area contributed by atoms with Gasteiger partial charge in [0.25, 0.3) is 5.91 Å². The van der Waals surface area contributed by atoms with Crippen molar-refractivity contribution < 1.29 is 22.7 Å². The van der Waals surface area contributed by atoms with Crippen molar-refractivity contribution in [1.82, 2.24) is 4.98 Å². The van der Waals surface area contributed by atoms with Crippen LogP contribution in [0, 0.1) is 17.5 Å². The molecule has 0 fully saturated rings. The third-order valence-corrected chi connectivity index (χ3v) is 3.52. The molecule has 0 saturated heterocycles. The molecular formula is C19H13F3N2O2. The van der Waals surface area contributed by atoms with E-state index in [1.807, 2.05) is 0 Å². The standard InChI is InChI=1S/C19H13F3N2O2/c20-15-6-2-1-4-12(15)11-26-19-14(5-3-9-23-19)18(25)24-13-7-8-16(21)17(22)10-13/h1-10H,11H2,(H,24,25). The number of pyridine rings is 1. The van der Waals surface area contributed by atoms with Gasteiger partial charge in [-0.2, -0.15) is 0 Å². The molecule has 7 heteroatoms. The molecule has 132 valence electrons. The van der Waals surface area contributed by atoms with Crippen molar-refractivity contribution in [2.75, 3.05) is 5.32 Å². The first-order chi connectivity index (χ1) is 12.5. The van der Waals surface area contributed by atoms with E-state index in [4.69, 9.17) is 4.74 Å². The molecule has 0 aliphatic rings. The molecule has 0 spiro atoms. The highest BCUT2D eigenvalue weighted by molar-refractivity contribution is 6.05. The van der Waals surface area contributed by atoms with E-state index < -0.39 is 23.4 Å². The zero-order chi connectivity index (χ0) is 18.5. The molecule has 0 aliphatic heterocycles. The number of carbonyl (C=O) groups is 1. The molecule has 0 aliphatic carbocycles. The Labute approximate surface area is 147 Å². The van der Waals surface area contributed by atoms with E-state index in [0.717, 1.165) is 12.1 Å². The van der Waals surface area contributed by atoms with Gasteiger partial charge in [-0.1, -0.05) is 18.2 Å². The fourth-order valence-electron chi connectivity index (χ4n) is 2.21. The van der Waals surface area contributed by atoms with E-state index in [9.17, 15) is 18.0 Å². The minimum atomic E-state index is -1.08. The number of amides is 1. The van der Waals surface area contributed by atoms with Crippen molar-refractivity contribution >= 4 is 11.6 Å². The van der Waals surface area contributed by atoms with Crippen LogP contribution in [0.3, 0.4) is 0 Å². The Morgan fingerprint density at radius 3 is 2.54 bits per heavy atom. The van der Waals surface area contributed by atoms with Crippen LogP contribution in [0.2, 0.25) is 0 Å². The third-order valence-electron chi connectivity index (χ3n) is 3.52. The Balaban J connectivity index is 1.76. The second-order valence-corrected chi connectivity index (χ2v) is 5.32. The zero-order valence-corrected chi connectivity index (χ0v) is 13.4. The highest BCUT2D eigenvalue weighted by Crippen LogP contribution is 2.20. The maximum atomic E-state index is 13.7. The molecule has 1 aromatic heterocycles.